The number of carbonyl (C=O) groups is 4. The molecule has 2 amide bonds. The summed E-state index contributed by atoms with van der Waals surface area (Å²) >= 11 is 0. The van der Waals surface area contributed by atoms with E-state index in [1.165, 1.54) is 24.3 Å². The smallest absolute Gasteiger partial charge is 0.338 e. The van der Waals surface area contributed by atoms with Crippen LogP contribution < -0.4 is 0 Å². The first kappa shape index (κ1) is 20.2. The lowest BCUT2D eigenvalue weighted by Gasteiger charge is -2.09. The summed E-state index contributed by atoms with van der Waals surface area (Å²) in [5.74, 6) is -1.61. The van der Waals surface area contributed by atoms with Crippen LogP contribution in [0.25, 0.3) is 0 Å². The molecule has 0 aromatic heterocycles. The molecule has 0 atom stereocenters. The van der Waals surface area contributed by atoms with E-state index in [2.05, 4.69) is 20.4 Å². The largest absolute Gasteiger partial charge is 0.454 e. The SMILES string of the molecule is C=CCN1C(=O)c2ccc(C(=O)OCC(=O)c3ccc(C(C)C)cc3)cc2C1=O. The first-order valence-electron chi connectivity index (χ1n) is 9.25. The Kier molecular flexibility index (Phi) is 5.73. The Balaban J connectivity index is 1.68. The number of rotatable bonds is 7. The van der Waals surface area contributed by atoms with Gasteiger partial charge in [0.05, 0.1) is 16.7 Å². The van der Waals surface area contributed by atoms with Gasteiger partial charge >= 0.3 is 5.97 Å². The molecule has 6 heteroatoms. The van der Waals surface area contributed by atoms with Gasteiger partial charge in [0.15, 0.2) is 12.4 Å². The minimum atomic E-state index is -0.734. The van der Waals surface area contributed by atoms with E-state index in [1.807, 2.05) is 12.1 Å². The normalized spacial score (nSPS) is 12.9. The van der Waals surface area contributed by atoms with Gasteiger partial charge in [0.25, 0.3) is 11.8 Å². The maximum atomic E-state index is 12.3. The van der Waals surface area contributed by atoms with Crippen molar-refractivity contribution in [1.82, 2.24) is 4.90 Å². The number of hydrogen-bond donors (Lipinski definition) is 0. The number of ketones is 1. The molecule has 2 aromatic carbocycles. The molecule has 0 bridgehead atoms. The Morgan fingerprint density at radius 3 is 2.24 bits per heavy atom. The van der Waals surface area contributed by atoms with Crippen LogP contribution in [0, 0.1) is 0 Å². The lowest BCUT2D eigenvalue weighted by atomic mass is 10.0. The Bertz CT molecular complexity index is 1000. The van der Waals surface area contributed by atoms with E-state index in [9.17, 15) is 19.2 Å². The van der Waals surface area contributed by atoms with Gasteiger partial charge in [-0.3, -0.25) is 19.3 Å². The van der Waals surface area contributed by atoms with E-state index in [1.54, 1.807) is 12.1 Å². The molecule has 148 valence electrons. The van der Waals surface area contributed by atoms with Gasteiger partial charge in [0.2, 0.25) is 0 Å². The summed E-state index contributed by atoms with van der Waals surface area (Å²) in [7, 11) is 0. The summed E-state index contributed by atoms with van der Waals surface area (Å²) in [6.07, 6.45) is 1.45. The second kappa shape index (κ2) is 8.22. The highest BCUT2D eigenvalue weighted by Gasteiger charge is 2.35. The fourth-order valence-corrected chi connectivity index (χ4v) is 3.06. The summed E-state index contributed by atoms with van der Waals surface area (Å²) in [4.78, 5) is 50.2. The number of carbonyl (C=O) groups excluding carboxylic acids is 4. The third-order valence-electron chi connectivity index (χ3n) is 4.75. The van der Waals surface area contributed by atoms with Gasteiger partial charge in [0.1, 0.15) is 0 Å². The zero-order valence-corrected chi connectivity index (χ0v) is 16.3. The van der Waals surface area contributed by atoms with Crippen molar-refractivity contribution in [2.75, 3.05) is 13.2 Å². The van der Waals surface area contributed by atoms with Gasteiger partial charge in [-0.05, 0) is 29.7 Å². The van der Waals surface area contributed by atoms with E-state index in [0.29, 0.717) is 11.5 Å². The van der Waals surface area contributed by atoms with Crippen LogP contribution in [0.15, 0.2) is 55.1 Å². The second-order valence-electron chi connectivity index (χ2n) is 7.05. The molecule has 0 saturated heterocycles. The van der Waals surface area contributed by atoms with Crippen LogP contribution in [0.3, 0.4) is 0 Å². The molecular formula is C23H21NO5. The van der Waals surface area contributed by atoms with Crippen molar-refractivity contribution in [2.45, 2.75) is 19.8 Å². The van der Waals surface area contributed by atoms with Crippen molar-refractivity contribution in [2.24, 2.45) is 0 Å². The molecule has 3 rings (SSSR count). The van der Waals surface area contributed by atoms with Gasteiger partial charge < -0.3 is 4.74 Å². The summed E-state index contributed by atoms with van der Waals surface area (Å²) in [6, 6.07) is 11.3. The fourth-order valence-electron chi connectivity index (χ4n) is 3.06. The Morgan fingerprint density at radius 2 is 1.62 bits per heavy atom. The monoisotopic (exact) mass is 391 g/mol. The van der Waals surface area contributed by atoms with Gasteiger partial charge in [-0.25, -0.2) is 4.79 Å². The highest BCUT2D eigenvalue weighted by Crippen LogP contribution is 2.24. The highest BCUT2D eigenvalue weighted by molar-refractivity contribution is 6.22. The van der Waals surface area contributed by atoms with Gasteiger partial charge in [-0.15, -0.1) is 6.58 Å². The van der Waals surface area contributed by atoms with Crippen molar-refractivity contribution in [1.29, 1.82) is 0 Å². The quantitative estimate of drug-likeness (QED) is 0.312. The number of ether oxygens (including phenoxy) is 1. The number of hydrogen-bond acceptors (Lipinski definition) is 5. The van der Waals surface area contributed by atoms with Crippen LogP contribution in [0.2, 0.25) is 0 Å². The molecule has 0 fully saturated rings. The van der Waals surface area contributed by atoms with Crippen LogP contribution in [-0.4, -0.2) is 41.6 Å². The lowest BCUT2D eigenvalue weighted by Crippen LogP contribution is -2.29. The first-order valence-corrected chi connectivity index (χ1v) is 9.25. The molecule has 1 heterocycles. The summed E-state index contributed by atoms with van der Waals surface area (Å²) in [5.41, 5.74) is 2.04. The first-order chi connectivity index (χ1) is 13.8. The molecule has 1 aliphatic heterocycles. The lowest BCUT2D eigenvalue weighted by molar-refractivity contribution is 0.0474. The molecule has 0 saturated carbocycles. The van der Waals surface area contributed by atoms with Crippen LogP contribution in [0.4, 0.5) is 0 Å². The van der Waals surface area contributed by atoms with Crippen molar-refractivity contribution in [3.8, 4) is 0 Å². The van der Waals surface area contributed by atoms with Crippen molar-refractivity contribution >= 4 is 23.6 Å². The van der Waals surface area contributed by atoms with Crippen LogP contribution in [0.1, 0.15) is 66.8 Å². The Hall–Kier alpha value is -3.54. The third kappa shape index (κ3) is 4.01. The molecule has 0 spiro atoms. The maximum absolute atomic E-state index is 12.3. The maximum Gasteiger partial charge on any atom is 0.338 e. The number of fused-ring (bicyclic) bond motifs is 1. The predicted octanol–water partition coefficient (Wildman–Crippen LogP) is 3.63. The van der Waals surface area contributed by atoms with E-state index in [0.717, 1.165) is 10.5 Å². The van der Waals surface area contributed by atoms with E-state index >= 15 is 0 Å². The van der Waals surface area contributed by atoms with Gasteiger partial charge in [-0.1, -0.05) is 44.2 Å². The van der Waals surface area contributed by atoms with Crippen molar-refractivity contribution in [3.63, 3.8) is 0 Å². The predicted molar refractivity (Wildman–Crippen MR) is 107 cm³/mol. The zero-order valence-electron chi connectivity index (χ0n) is 16.3. The molecular weight excluding hydrogens is 370 g/mol. The molecule has 0 radical (unpaired) electrons. The van der Waals surface area contributed by atoms with Gasteiger partial charge in [-0.2, -0.15) is 0 Å². The van der Waals surface area contributed by atoms with E-state index in [4.69, 9.17) is 4.74 Å². The summed E-state index contributed by atoms with van der Waals surface area (Å²) in [6.45, 7) is 7.33. The second-order valence-corrected chi connectivity index (χ2v) is 7.05. The van der Waals surface area contributed by atoms with Crippen molar-refractivity contribution in [3.05, 3.63) is 82.9 Å². The number of esters is 1. The standard InChI is InChI=1S/C23H21NO5/c1-4-11-24-21(26)18-10-9-17(12-19(18)22(24)27)23(28)29-13-20(25)16-7-5-15(6-8-16)14(2)3/h4-10,12,14H,1,11,13H2,2-3H3. The van der Waals surface area contributed by atoms with Crippen LogP contribution in [0.5, 0.6) is 0 Å². The minimum absolute atomic E-state index is 0.0935. The number of amides is 2. The average molecular weight is 391 g/mol. The van der Waals surface area contributed by atoms with E-state index in [-0.39, 0.29) is 29.0 Å². The molecule has 29 heavy (non-hydrogen) atoms. The molecule has 6 nitrogen and oxygen atoms in total. The average Bonchev–Trinajstić information content (AvgIpc) is 2.96. The Morgan fingerprint density at radius 1 is 1.00 bits per heavy atom. The molecule has 0 unspecified atom stereocenters. The van der Waals surface area contributed by atoms with Crippen LogP contribution >= 0.6 is 0 Å². The number of benzene rings is 2. The molecule has 0 N–H and O–H groups in total. The fraction of sp³-hybridized carbons (Fsp3) is 0.217. The minimum Gasteiger partial charge on any atom is -0.454 e. The molecule has 2 aromatic rings. The Labute approximate surface area is 168 Å². The topological polar surface area (TPSA) is 80.8 Å². The zero-order chi connectivity index (χ0) is 21.1. The number of nitrogens with zero attached hydrogens (tertiary/aromatic N) is 1. The highest BCUT2D eigenvalue weighted by atomic mass is 16.5. The number of imide groups is 1. The number of Topliss-reactive ketones (excluding diaryl/α,β-unsaturated/α-hetero) is 1. The molecule has 0 aliphatic carbocycles. The third-order valence-corrected chi connectivity index (χ3v) is 4.75. The van der Waals surface area contributed by atoms with E-state index < -0.39 is 24.4 Å². The van der Waals surface area contributed by atoms with Crippen LogP contribution in [-0.2, 0) is 4.74 Å². The van der Waals surface area contributed by atoms with Crippen molar-refractivity contribution < 1.29 is 23.9 Å². The summed E-state index contributed by atoms with van der Waals surface area (Å²) in [5, 5.41) is 0. The summed E-state index contributed by atoms with van der Waals surface area (Å²) < 4.78 is 5.10. The molecule has 1 aliphatic rings. The van der Waals surface area contributed by atoms with Gasteiger partial charge in [0, 0.05) is 12.1 Å².